The standard InChI is InChI=1S/C11H13N3O.ClH/c1-15-11-9(3-2-4-14-11)10-7-13-6-8(10)5-12;/h2-4,8,10,13H,6-7H2,1H3;1H. The molecule has 0 aromatic carbocycles. The Hall–Kier alpha value is -1.31. The number of aromatic nitrogens is 1. The van der Waals surface area contributed by atoms with Crippen LogP contribution >= 0.6 is 12.4 Å². The smallest absolute Gasteiger partial charge is 0.216 e. The van der Waals surface area contributed by atoms with E-state index in [1.54, 1.807) is 13.3 Å². The Labute approximate surface area is 101 Å². The number of ether oxygens (including phenoxy) is 1. The molecule has 0 bridgehead atoms. The lowest BCUT2D eigenvalue weighted by Gasteiger charge is -2.14. The second kappa shape index (κ2) is 5.69. The van der Waals surface area contributed by atoms with E-state index < -0.39 is 0 Å². The van der Waals surface area contributed by atoms with Crippen molar-refractivity contribution < 1.29 is 4.74 Å². The topological polar surface area (TPSA) is 57.9 Å². The molecule has 1 saturated heterocycles. The van der Waals surface area contributed by atoms with Gasteiger partial charge in [0.1, 0.15) is 0 Å². The van der Waals surface area contributed by atoms with Gasteiger partial charge in [0.25, 0.3) is 0 Å². The van der Waals surface area contributed by atoms with E-state index in [4.69, 9.17) is 10.00 Å². The molecule has 0 spiro atoms. The highest BCUT2D eigenvalue weighted by atomic mass is 35.5. The van der Waals surface area contributed by atoms with Gasteiger partial charge in [0.2, 0.25) is 5.88 Å². The second-order valence-corrected chi connectivity index (χ2v) is 3.60. The quantitative estimate of drug-likeness (QED) is 0.846. The molecule has 16 heavy (non-hydrogen) atoms. The van der Waals surface area contributed by atoms with E-state index in [1.165, 1.54) is 0 Å². The molecule has 4 nitrogen and oxygen atoms in total. The molecule has 1 N–H and O–H groups in total. The Balaban J connectivity index is 0.00000128. The zero-order valence-corrected chi connectivity index (χ0v) is 9.83. The average molecular weight is 240 g/mol. The first-order valence-electron chi connectivity index (χ1n) is 4.96. The number of nitriles is 1. The van der Waals surface area contributed by atoms with Crippen molar-refractivity contribution in [2.75, 3.05) is 20.2 Å². The van der Waals surface area contributed by atoms with Crippen LogP contribution in [0.25, 0.3) is 0 Å². The van der Waals surface area contributed by atoms with Crippen molar-refractivity contribution in [1.82, 2.24) is 10.3 Å². The highest BCUT2D eigenvalue weighted by Crippen LogP contribution is 2.32. The van der Waals surface area contributed by atoms with Crippen LogP contribution in [0.15, 0.2) is 18.3 Å². The third-order valence-corrected chi connectivity index (χ3v) is 2.77. The molecular weight excluding hydrogens is 226 g/mol. The van der Waals surface area contributed by atoms with E-state index in [2.05, 4.69) is 16.4 Å². The molecule has 0 aliphatic carbocycles. The van der Waals surface area contributed by atoms with Gasteiger partial charge in [-0.1, -0.05) is 6.07 Å². The summed E-state index contributed by atoms with van der Waals surface area (Å²) in [6.07, 6.45) is 1.70. The highest BCUT2D eigenvalue weighted by Gasteiger charge is 2.30. The van der Waals surface area contributed by atoms with Crippen molar-refractivity contribution in [2.45, 2.75) is 5.92 Å². The van der Waals surface area contributed by atoms with Crippen molar-refractivity contribution in [3.8, 4) is 11.9 Å². The number of nitrogens with one attached hydrogen (secondary N) is 1. The molecule has 0 amide bonds. The van der Waals surface area contributed by atoms with E-state index in [0.29, 0.717) is 5.88 Å². The van der Waals surface area contributed by atoms with Crippen LogP contribution < -0.4 is 10.1 Å². The first-order chi connectivity index (χ1) is 7.36. The molecule has 1 aliphatic heterocycles. The number of pyridine rings is 1. The summed E-state index contributed by atoms with van der Waals surface area (Å²) < 4.78 is 5.20. The summed E-state index contributed by atoms with van der Waals surface area (Å²) in [6.45, 7) is 1.57. The van der Waals surface area contributed by atoms with Crippen LogP contribution in [0.1, 0.15) is 11.5 Å². The van der Waals surface area contributed by atoms with Crippen molar-refractivity contribution in [2.24, 2.45) is 5.92 Å². The first-order valence-corrected chi connectivity index (χ1v) is 4.96. The maximum Gasteiger partial charge on any atom is 0.216 e. The van der Waals surface area contributed by atoms with Crippen LogP contribution in [0.5, 0.6) is 5.88 Å². The maximum atomic E-state index is 9.01. The van der Waals surface area contributed by atoms with Crippen LogP contribution in [0.4, 0.5) is 0 Å². The van der Waals surface area contributed by atoms with Gasteiger partial charge in [0, 0.05) is 30.8 Å². The molecule has 2 atom stereocenters. The van der Waals surface area contributed by atoms with Gasteiger partial charge in [0.05, 0.1) is 19.1 Å². The fraction of sp³-hybridized carbons (Fsp3) is 0.455. The average Bonchev–Trinajstić information content (AvgIpc) is 2.76. The number of methoxy groups -OCH3 is 1. The molecular formula is C11H14ClN3O. The van der Waals surface area contributed by atoms with Gasteiger partial charge < -0.3 is 10.1 Å². The van der Waals surface area contributed by atoms with Gasteiger partial charge in [-0.3, -0.25) is 0 Å². The SMILES string of the molecule is COc1ncccc1C1CNCC1C#N.Cl. The predicted molar refractivity (Wildman–Crippen MR) is 62.8 cm³/mol. The monoisotopic (exact) mass is 239 g/mol. The number of nitrogens with zero attached hydrogens (tertiary/aromatic N) is 2. The van der Waals surface area contributed by atoms with E-state index >= 15 is 0 Å². The summed E-state index contributed by atoms with van der Waals surface area (Å²) in [6, 6.07) is 6.18. The van der Waals surface area contributed by atoms with Crippen molar-refractivity contribution >= 4 is 12.4 Å². The number of hydrogen-bond acceptors (Lipinski definition) is 4. The van der Waals surface area contributed by atoms with E-state index in [1.807, 2.05) is 12.1 Å². The molecule has 0 radical (unpaired) electrons. The molecule has 86 valence electrons. The van der Waals surface area contributed by atoms with E-state index in [-0.39, 0.29) is 24.2 Å². The Morgan fingerprint density at radius 2 is 2.38 bits per heavy atom. The molecule has 0 saturated carbocycles. The fourth-order valence-electron chi connectivity index (χ4n) is 2.00. The molecule has 1 aromatic heterocycles. The van der Waals surface area contributed by atoms with Crippen LogP contribution in [0.2, 0.25) is 0 Å². The first kappa shape index (κ1) is 12.8. The Kier molecular flexibility index (Phi) is 4.53. The molecule has 2 unspecified atom stereocenters. The Morgan fingerprint density at radius 3 is 3.06 bits per heavy atom. The summed E-state index contributed by atoms with van der Waals surface area (Å²) in [5.41, 5.74) is 1.02. The minimum atomic E-state index is 0. The minimum absolute atomic E-state index is 0. The van der Waals surface area contributed by atoms with Gasteiger partial charge in [-0.25, -0.2) is 4.98 Å². The minimum Gasteiger partial charge on any atom is -0.481 e. The van der Waals surface area contributed by atoms with Gasteiger partial charge in [-0.2, -0.15) is 5.26 Å². The zero-order valence-electron chi connectivity index (χ0n) is 9.01. The number of halogens is 1. The van der Waals surface area contributed by atoms with Crippen molar-refractivity contribution in [3.05, 3.63) is 23.9 Å². The molecule has 1 fully saturated rings. The van der Waals surface area contributed by atoms with Gasteiger partial charge in [0.15, 0.2) is 0 Å². The van der Waals surface area contributed by atoms with E-state index in [0.717, 1.165) is 18.7 Å². The molecule has 5 heteroatoms. The lowest BCUT2D eigenvalue weighted by Crippen LogP contribution is -2.10. The predicted octanol–water partition coefficient (Wildman–Crippen LogP) is 1.34. The summed E-state index contributed by atoms with van der Waals surface area (Å²) in [4.78, 5) is 4.15. The maximum absolute atomic E-state index is 9.01. The van der Waals surface area contributed by atoms with Gasteiger partial charge in [-0.05, 0) is 6.07 Å². The highest BCUT2D eigenvalue weighted by molar-refractivity contribution is 5.85. The molecule has 1 aromatic rings. The zero-order chi connectivity index (χ0) is 10.7. The lowest BCUT2D eigenvalue weighted by molar-refractivity contribution is 0.387. The van der Waals surface area contributed by atoms with Crippen molar-refractivity contribution in [3.63, 3.8) is 0 Å². The lowest BCUT2D eigenvalue weighted by atomic mass is 9.90. The summed E-state index contributed by atoms with van der Waals surface area (Å²) in [7, 11) is 1.61. The van der Waals surface area contributed by atoms with Crippen LogP contribution in [0.3, 0.4) is 0 Å². The summed E-state index contributed by atoms with van der Waals surface area (Å²) >= 11 is 0. The van der Waals surface area contributed by atoms with Gasteiger partial charge in [-0.15, -0.1) is 12.4 Å². The largest absolute Gasteiger partial charge is 0.481 e. The normalized spacial score (nSPS) is 23.2. The molecule has 2 heterocycles. The number of rotatable bonds is 2. The van der Waals surface area contributed by atoms with Crippen LogP contribution in [-0.4, -0.2) is 25.2 Å². The van der Waals surface area contributed by atoms with Crippen molar-refractivity contribution in [1.29, 1.82) is 5.26 Å². The second-order valence-electron chi connectivity index (χ2n) is 3.60. The van der Waals surface area contributed by atoms with Crippen LogP contribution in [-0.2, 0) is 0 Å². The fourth-order valence-corrected chi connectivity index (χ4v) is 2.00. The summed E-state index contributed by atoms with van der Waals surface area (Å²) in [5, 5.41) is 12.2. The molecule has 1 aliphatic rings. The Morgan fingerprint density at radius 1 is 1.56 bits per heavy atom. The van der Waals surface area contributed by atoms with Crippen LogP contribution in [0, 0.1) is 17.2 Å². The number of hydrogen-bond donors (Lipinski definition) is 1. The molecule has 2 rings (SSSR count). The van der Waals surface area contributed by atoms with Gasteiger partial charge >= 0.3 is 0 Å². The Bertz CT molecular complexity index is 391. The van der Waals surface area contributed by atoms with E-state index in [9.17, 15) is 0 Å². The third-order valence-electron chi connectivity index (χ3n) is 2.77. The summed E-state index contributed by atoms with van der Waals surface area (Å²) in [5.74, 6) is 0.841. The third kappa shape index (κ3) is 2.26.